The third-order valence-electron chi connectivity index (χ3n) is 4.07. The highest BCUT2D eigenvalue weighted by atomic mass is 32.2. The predicted molar refractivity (Wildman–Crippen MR) is 95.9 cm³/mol. The van der Waals surface area contributed by atoms with Crippen LogP contribution in [0.4, 0.5) is 0 Å². The van der Waals surface area contributed by atoms with E-state index in [1.807, 2.05) is 0 Å². The molecule has 0 saturated heterocycles. The van der Waals surface area contributed by atoms with Gasteiger partial charge in [-0.2, -0.15) is 4.31 Å². The van der Waals surface area contributed by atoms with Gasteiger partial charge < -0.3 is 14.8 Å². The second-order valence-electron chi connectivity index (χ2n) is 5.84. The zero-order valence-electron chi connectivity index (χ0n) is 14.6. The van der Waals surface area contributed by atoms with Crippen LogP contribution < -0.4 is 14.8 Å². The molecule has 138 valence electrons. The number of sulfonamides is 1. The Morgan fingerprint density at radius 1 is 1.08 bits per heavy atom. The van der Waals surface area contributed by atoms with Gasteiger partial charge in [0.1, 0.15) is 13.2 Å². The zero-order chi connectivity index (χ0) is 18.7. The molecule has 8 heteroatoms. The third kappa shape index (κ3) is 3.66. The number of carbonyl (C=O) groups excluding carboxylic acids is 1. The summed E-state index contributed by atoms with van der Waals surface area (Å²) in [5, 5.41) is 2.54. The average Bonchev–Trinajstić information content (AvgIpc) is 2.67. The summed E-state index contributed by atoms with van der Waals surface area (Å²) in [5.41, 5.74) is 1.30. The van der Waals surface area contributed by atoms with E-state index in [9.17, 15) is 13.2 Å². The van der Waals surface area contributed by atoms with E-state index < -0.39 is 10.0 Å². The molecule has 7 nitrogen and oxygen atoms in total. The van der Waals surface area contributed by atoms with E-state index >= 15 is 0 Å². The smallest absolute Gasteiger partial charge is 0.251 e. The van der Waals surface area contributed by atoms with Crippen molar-refractivity contribution in [2.24, 2.45) is 0 Å². The molecule has 2 aromatic carbocycles. The Morgan fingerprint density at radius 3 is 2.38 bits per heavy atom. The van der Waals surface area contributed by atoms with E-state index in [1.54, 1.807) is 37.4 Å². The van der Waals surface area contributed by atoms with Crippen LogP contribution in [0.15, 0.2) is 47.4 Å². The fraction of sp³-hybridized carbons (Fsp3) is 0.278. The maximum Gasteiger partial charge on any atom is 0.251 e. The fourth-order valence-electron chi connectivity index (χ4n) is 2.61. The number of hydrogen-bond donors (Lipinski definition) is 1. The van der Waals surface area contributed by atoms with E-state index in [-0.39, 0.29) is 17.3 Å². The van der Waals surface area contributed by atoms with Crippen molar-refractivity contribution in [3.05, 3.63) is 53.6 Å². The van der Waals surface area contributed by atoms with Gasteiger partial charge in [-0.1, -0.05) is 12.1 Å². The molecular weight excluding hydrogens is 356 g/mol. The van der Waals surface area contributed by atoms with Crippen LogP contribution in [0.5, 0.6) is 11.5 Å². The second kappa shape index (κ2) is 7.35. The molecule has 0 unspecified atom stereocenters. The number of nitrogens with one attached hydrogen (secondary N) is 1. The third-order valence-corrected chi connectivity index (χ3v) is 5.87. The van der Waals surface area contributed by atoms with Gasteiger partial charge in [-0.3, -0.25) is 4.79 Å². The normalized spacial score (nSPS) is 13.5. The Balaban J connectivity index is 1.78. The highest BCUT2D eigenvalue weighted by Crippen LogP contribution is 2.33. The van der Waals surface area contributed by atoms with E-state index in [0.717, 1.165) is 5.56 Å². The molecule has 1 aliphatic rings. The summed E-state index contributed by atoms with van der Waals surface area (Å²) in [4.78, 5) is 11.7. The van der Waals surface area contributed by atoms with Gasteiger partial charge in [0.2, 0.25) is 10.0 Å². The molecule has 0 aromatic heterocycles. The van der Waals surface area contributed by atoms with Crippen molar-refractivity contribution in [2.75, 3.05) is 27.3 Å². The number of amides is 1. The molecule has 0 saturated carbocycles. The molecule has 1 heterocycles. The van der Waals surface area contributed by atoms with Crippen molar-refractivity contribution in [1.29, 1.82) is 0 Å². The van der Waals surface area contributed by atoms with Crippen molar-refractivity contribution in [3.63, 3.8) is 0 Å². The van der Waals surface area contributed by atoms with Crippen LogP contribution >= 0.6 is 0 Å². The van der Waals surface area contributed by atoms with Gasteiger partial charge in [0.25, 0.3) is 5.91 Å². The maximum atomic E-state index is 12.8. The first-order valence-corrected chi connectivity index (χ1v) is 9.53. The maximum absolute atomic E-state index is 12.8. The first-order valence-electron chi connectivity index (χ1n) is 8.09. The number of carbonyl (C=O) groups is 1. The summed E-state index contributed by atoms with van der Waals surface area (Å²) in [5.74, 6) is 0.789. The molecule has 3 rings (SSSR count). The lowest BCUT2D eigenvalue weighted by atomic mass is 10.1. The summed E-state index contributed by atoms with van der Waals surface area (Å²) in [7, 11) is -0.611. The van der Waals surface area contributed by atoms with E-state index in [2.05, 4.69) is 5.32 Å². The van der Waals surface area contributed by atoms with Crippen molar-refractivity contribution in [1.82, 2.24) is 9.62 Å². The van der Waals surface area contributed by atoms with Gasteiger partial charge in [-0.15, -0.1) is 0 Å². The van der Waals surface area contributed by atoms with Gasteiger partial charge in [0.05, 0.1) is 4.90 Å². The highest BCUT2D eigenvalue weighted by molar-refractivity contribution is 7.89. The summed E-state index contributed by atoms with van der Waals surface area (Å²) in [6.07, 6.45) is 0. The van der Waals surface area contributed by atoms with Crippen molar-refractivity contribution < 1.29 is 22.7 Å². The van der Waals surface area contributed by atoms with Gasteiger partial charge in [-0.25, -0.2) is 8.42 Å². The minimum absolute atomic E-state index is 0.145. The van der Waals surface area contributed by atoms with Crippen LogP contribution in [0.25, 0.3) is 0 Å². The molecule has 0 spiro atoms. The van der Waals surface area contributed by atoms with Crippen LogP contribution in [0.1, 0.15) is 15.9 Å². The van der Waals surface area contributed by atoms with E-state index in [1.165, 1.54) is 23.5 Å². The monoisotopic (exact) mass is 376 g/mol. The molecule has 0 bridgehead atoms. The second-order valence-corrected chi connectivity index (χ2v) is 7.89. The Bertz CT molecular complexity index is 910. The lowest BCUT2D eigenvalue weighted by Crippen LogP contribution is -2.27. The summed E-state index contributed by atoms with van der Waals surface area (Å²) < 4.78 is 37.8. The summed E-state index contributed by atoms with van der Waals surface area (Å²) >= 11 is 0. The Labute approximate surface area is 152 Å². The number of hydrogen-bond acceptors (Lipinski definition) is 5. The Hall–Kier alpha value is -2.58. The van der Waals surface area contributed by atoms with Crippen LogP contribution in [0, 0.1) is 0 Å². The van der Waals surface area contributed by atoms with Gasteiger partial charge >= 0.3 is 0 Å². The SMILES string of the molecule is CNC(=O)c1ccc(CN(C)S(=O)(=O)c2ccc3c(c2)OCCO3)cc1. The number of ether oxygens (including phenoxy) is 2. The minimum atomic E-state index is -3.68. The molecule has 0 aliphatic carbocycles. The van der Waals surface area contributed by atoms with Crippen molar-refractivity contribution in [3.8, 4) is 11.5 Å². The van der Waals surface area contributed by atoms with Crippen molar-refractivity contribution >= 4 is 15.9 Å². The van der Waals surface area contributed by atoms with Crippen LogP contribution in [0.2, 0.25) is 0 Å². The first-order chi connectivity index (χ1) is 12.4. The van der Waals surface area contributed by atoms with Crippen LogP contribution in [-0.4, -0.2) is 45.9 Å². The molecule has 0 atom stereocenters. The number of rotatable bonds is 5. The number of benzene rings is 2. The predicted octanol–water partition coefficient (Wildman–Crippen LogP) is 1.64. The summed E-state index contributed by atoms with van der Waals surface area (Å²) in [6.45, 7) is 1.03. The quantitative estimate of drug-likeness (QED) is 0.858. The molecule has 2 aromatic rings. The fourth-order valence-corrected chi connectivity index (χ4v) is 3.79. The van der Waals surface area contributed by atoms with Gasteiger partial charge in [0.15, 0.2) is 11.5 Å². The van der Waals surface area contributed by atoms with E-state index in [4.69, 9.17) is 9.47 Å². The van der Waals surface area contributed by atoms with Crippen LogP contribution in [0.3, 0.4) is 0 Å². The molecule has 0 fully saturated rings. The molecule has 1 amide bonds. The molecule has 1 aliphatic heterocycles. The van der Waals surface area contributed by atoms with Gasteiger partial charge in [0, 0.05) is 32.3 Å². The first kappa shape index (κ1) is 18.2. The largest absolute Gasteiger partial charge is 0.486 e. The highest BCUT2D eigenvalue weighted by Gasteiger charge is 2.24. The number of fused-ring (bicyclic) bond motifs is 1. The summed E-state index contributed by atoms with van der Waals surface area (Å²) in [6, 6.07) is 11.4. The topological polar surface area (TPSA) is 84.9 Å². The average molecular weight is 376 g/mol. The Kier molecular flexibility index (Phi) is 5.15. The lowest BCUT2D eigenvalue weighted by molar-refractivity contribution is 0.0963. The number of nitrogens with zero attached hydrogens (tertiary/aromatic N) is 1. The molecular formula is C18H20N2O5S. The lowest BCUT2D eigenvalue weighted by Gasteiger charge is -2.21. The minimum Gasteiger partial charge on any atom is -0.486 e. The molecule has 0 radical (unpaired) electrons. The molecule has 26 heavy (non-hydrogen) atoms. The Morgan fingerprint density at radius 2 is 1.73 bits per heavy atom. The van der Waals surface area contributed by atoms with E-state index in [0.29, 0.717) is 30.3 Å². The molecule has 1 N–H and O–H groups in total. The van der Waals surface area contributed by atoms with Gasteiger partial charge in [-0.05, 0) is 29.8 Å². The van der Waals surface area contributed by atoms with Crippen molar-refractivity contribution in [2.45, 2.75) is 11.4 Å². The van der Waals surface area contributed by atoms with Crippen LogP contribution in [-0.2, 0) is 16.6 Å². The zero-order valence-corrected chi connectivity index (χ0v) is 15.4. The standard InChI is InChI=1S/C18H20N2O5S/c1-19-18(21)14-5-3-13(4-6-14)12-20(2)26(22,23)15-7-8-16-17(11-15)25-10-9-24-16/h3-8,11H,9-10,12H2,1-2H3,(H,19,21).